The molecule has 0 unspecified atom stereocenters. The third-order valence-electron chi connectivity index (χ3n) is 5.34. The molecule has 0 aliphatic rings. The number of nitrogens with one attached hydrogen (secondary N) is 1. The van der Waals surface area contributed by atoms with E-state index in [2.05, 4.69) is 31.1 Å². The van der Waals surface area contributed by atoms with Gasteiger partial charge < -0.3 is 14.5 Å². The number of amides is 1. The van der Waals surface area contributed by atoms with Crippen molar-refractivity contribution in [2.24, 2.45) is 0 Å². The Hall–Kier alpha value is -3.60. The molecule has 0 saturated heterocycles. The number of aromatic nitrogens is 1. The zero-order valence-corrected chi connectivity index (χ0v) is 18.4. The van der Waals surface area contributed by atoms with Crippen LogP contribution in [0.5, 0.6) is 5.75 Å². The minimum Gasteiger partial charge on any atom is -0.497 e. The van der Waals surface area contributed by atoms with Crippen LogP contribution in [0.1, 0.15) is 42.3 Å². The van der Waals surface area contributed by atoms with E-state index in [0.717, 1.165) is 28.1 Å². The maximum absolute atomic E-state index is 12.8. The first kappa shape index (κ1) is 20.7. The van der Waals surface area contributed by atoms with E-state index >= 15 is 0 Å². The van der Waals surface area contributed by atoms with Crippen molar-refractivity contribution in [3.05, 3.63) is 77.4 Å². The van der Waals surface area contributed by atoms with E-state index in [0.29, 0.717) is 17.0 Å². The molecule has 0 fully saturated rings. The Morgan fingerprint density at radius 1 is 1.00 bits per heavy atom. The van der Waals surface area contributed by atoms with Crippen molar-refractivity contribution in [1.82, 2.24) is 4.98 Å². The second-order valence-electron chi connectivity index (χ2n) is 8.66. The molecule has 1 heterocycles. The van der Waals surface area contributed by atoms with Crippen molar-refractivity contribution in [1.29, 1.82) is 0 Å². The number of rotatable bonds is 4. The molecule has 158 valence electrons. The molecule has 5 nitrogen and oxygen atoms in total. The fourth-order valence-corrected chi connectivity index (χ4v) is 3.36. The number of oxazole rings is 1. The molecule has 0 bridgehead atoms. The van der Waals surface area contributed by atoms with Gasteiger partial charge in [-0.3, -0.25) is 4.79 Å². The fourth-order valence-electron chi connectivity index (χ4n) is 3.36. The summed E-state index contributed by atoms with van der Waals surface area (Å²) in [4.78, 5) is 17.4. The highest BCUT2D eigenvalue weighted by atomic mass is 16.5. The van der Waals surface area contributed by atoms with E-state index < -0.39 is 0 Å². The third kappa shape index (κ3) is 4.31. The van der Waals surface area contributed by atoms with Gasteiger partial charge in [0.15, 0.2) is 5.58 Å². The predicted molar refractivity (Wildman–Crippen MR) is 124 cm³/mol. The van der Waals surface area contributed by atoms with Gasteiger partial charge in [-0.2, -0.15) is 0 Å². The molecule has 0 saturated carbocycles. The largest absolute Gasteiger partial charge is 0.497 e. The number of carbonyl (C=O) groups excluding carboxylic acids is 1. The zero-order valence-electron chi connectivity index (χ0n) is 18.4. The summed E-state index contributed by atoms with van der Waals surface area (Å²) < 4.78 is 11.2. The van der Waals surface area contributed by atoms with Crippen molar-refractivity contribution >= 4 is 22.7 Å². The Kier molecular flexibility index (Phi) is 5.27. The minimum absolute atomic E-state index is 0.0452. The summed E-state index contributed by atoms with van der Waals surface area (Å²) in [5, 5.41) is 3.02. The zero-order chi connectivity index (χ0) is 22.2. The minimum atomic E-state index is -0.150. The summed E-state index contributed by atoms with van der Waals surface area (Å²) >= 11 is 0. The number of methoxy groups -OCH3 is 1. The number of ether oxygens (including phenoxy) is 1. The molecule has 3 aromatic carbocycles. The summed E-state index contributed by atoms with van der Waals surface area (Å²) in [6, 6.07) is 19.0. The van der Waals surface area contributed by atoms with Gasteiger partial charge in [-0.15, -0.1) is 0 Å². The van der Waals surface area contributed by atoms with Crippen LogP contribution in [0, 0.1) is 6.92 Å². The van der Waals surface area contributed by atoms with E-state index in [1.54, 1.807) is 7.11 Å². The van der Waals surface area contributed by atoms with Crippen LogP contribution in [0.25, 0.3) is 22.6 Å². The highest BCUT2D eigenvalue weighted by molar-refractivity contribution is 6.05. The van der Waals surface area contributed by atoms with Crippen LogP contribution in [0.4, 0.5) is 5.69 Å². The first-order chi connectivity index (χ1) is 14.7. The van der Waals surface area contributed by atoms with E-state index in [1.165, 1.54) is 5.56 Å². The Morgan fingerprint density at radius 2 is 1.74 bits per heavy atom. The van der Waals surface area contributed by atoms with E-state index in [4.69, 9.17) is 9.15 Å². The summed E-state index contributed by atoms with van der Waals surface area (Å²) in [7, 11) is 1.62. The van der Waals surface area contributed by atoms with Crippen molar-refractivity contribution < 1.29 is 13.9 Å². The molecule has 0 aliphatic heterocycles. The molecule has 31 heavy (non-hydrogen) atoms. The van der Waals surface area contributed by atoms with Crippen molar-refractivity contribution in [3.8, 4) is 17.2 Å². The van der Waals surface area contributed by atoms with Crippen LogP contribution >= 0.6 is 0 Å². The molecule has 1 aromatic heterocycles. The lowest BCUT2D eigenvalue weighted by Gasteiger charge is -2.19. The van der Waals surface area contributed by atoms with Crippen LogP contribution in [0.3, 0.4) is 0 Å². The van der Waals surface area contributed by atoms with Crippen LogP contribution in [0.2, 0.25) is 0 Å². The summed E-state index contributed by atoms with van der Waals surface area (Å²) in [5.41, 5.74) is 5.73. The lowest BCUT2D eigenvalue weighted by Crippen LogP contribution is -2.15. The Bertz CT molecular complexity index is 1250. The van der Waals surface area contributed by atoms with Crippen LogP contribution in [-0.4, -0.2) is 18.0 Å². The Balaban J connectivity index is 1.60. The van der Waals surface area contributed by atoms with Gasteiger partial charge in [-0.1, -0.05) is 39.0 Å². The van der Waals surface area contributed by atoms with Gasteiger partial charge in [0.05, 0.1) is 7.11 Å². The van der Waals surface area contributed by atoms with Gasteiger partial charge in [0.2, 0.25) is 5.89 Å². The molecule has 0 atom stereocenters. The summed E-state index contributed by atoms with van der Waals surface area (Å²) in [6.07, 6.45) is 0. The Labute approximate surface area is 182 Å². The molecule has 5 heteroatoms. The second kappa shape index (κ2) is 7.91. The number of hydrogen-bond donors (Lipinski definition) is 1. The quantitative estimate of drug-likeness (QED) is 0.422. The van der Waals surface area contributed by atoms with Crippen LogP contribution in [0.15, 0.2) is 65.1 Å². The number of anilines is 1. The monoisotopic (exact) mass is 414 g/mol. The average Bonchev–Trinajstić information content (AvgIpc) is 3.18. The standard InChI is InChI=1S/C26H26N2O3/c1-16-6-7-18(25-28-22-15-20(30-5)12-13-23(22)31-25)14-21(16)27-24(29)17-8-10-19(11-9-17)26(2,3)4/h6-15H,1-5H3,(H,27,29). The van der Waals surface area contributed by atoms with Crippen molar-refractivity contribution in [3.63, 3.8) is 0 Å². The maximum Gasteiger partial charge on any atom is 0.255 e. The first-order valence-electron chi connectivity index (χ1n) is 10.2. The number of nitrogens with zero attached hydrogens (tertiary/aromatic N) is 1. The SMILES string of the molecule is COc1ccc2oc(-c3ccc(C)c(NC(=O)c4ccc(C(C)(C)C)cc4)c3)nc2c1. The topological polar surface area (TPSA) is 64.4 Å². The highest BCUT2D eigenvalue weighted by Gasteiger charge is 2.16. The van der Waals surface area contributed by atoms with Gasteiger partial charge in [0.25, 0.3) is 5.91 Å². The summed E-state index contributed by atoms with van der Waals surface area (Å²) in [5.74, 6) is 1.07. The highest BCUT2D eigenvalue weighted by Crippen LogP contribution is 2.30. The summed E-state index contributed by atoms with van der Waals surface area (Å²) in [6.45, 7) is 8.41. The number of hydrogen-bond acceptors (Lipinski definition) is 4. The molecule has 0 aliphatic carbocycles. The lowest BCUT2D eigenvalue weighted by molar-refractivity contribution is 0.102. The molecule has 0 spiro atoms. The number of aryl methyl sites for hydroxylation is 1. The molecule has 4 aromatic rings. The average molecular weight is 415 g/mol. The molecule has 1 amide bonds. The second-order valence-corrected chi connectivity index (χ2v) is 8.66. The normalized spacial score (nSPS) is 11.5. The van der Waals surface area contributed by atoms with Crippen molar-refractivity contribution in [2.75, 3.05) is 12.4 Å². The van der Waals surface area contributed by atoms with Crippen molar-refractivity contribution in [2.45, 2.75) is 33.1 Å². The first-order valence-corrected chi connectivity index (χ1v) is 10.2. The van der Waals surface area contributed by atoms with Crippen LogP contribution < -0.4 is 10.1 Å². The third-order valence-corrected chi connectivity index (χ3v) is 5.34. The number of fused-ring (bicyclic) bond motifs is 1. The lowest BCUT2D eigenvalue weighted by atomic mass is 9.86. The molecular weight excluding hydrogens is 388 g/mol. The van der Waals surface area contributed by atoms with Gasteiger partial charge in [-0.05, 0) is 59.9 Å². The predicted octanol–water partition coefficient (Wildman–Crippen LogP) is 6.36. The molecule has 0 radical (unpaired) electrons. The fraction of sp³-hybridized carbons (Fsp3) is 0.231. The van der Waals surface area contributed by atoms with Gasteiger partial charge in [0, 0.05) is 22.9 Å². The number of carbonyl (C=O) groups is 1. The maximum atomic E-state index is 12.8. The molecule has 4 rings (SSSR count). The van der Waals surface area contributed by atoms with Gasteiger partial charge >= 0.3 is 0 Å². The smallest absolute Gasteiger partial charge is 0.255 e. The van der Waals surface area contributed by atoms with Crippen LogP contribution in [-0.2, 0) is 5.41 Å². The molecular formula is C26H26N2O3. The van der Waals surface area contributed by atoms with E-state index in [1.807, 2.05) is 67.6 Å². The van der Waals surface area contributed by atoms with Gasteiger partial charge in [0.1, 0.15) is 11.3 Å². The molecule has 1 N–H and O–H groups in total. The van der Waals surface area contributed by atoms with E-state index in [-0.39, 0.29) is 11.3 Å². The van der Waals surface area contributed by atoms with Gasteiger partial charge in [-0.25, -0.2) is 4.98 Å². The van der Waals surface area contributed by atoms with E-state index in [9.17, 15) is 4.79 Å². The number of benzene rings is 3. The Morgan fingerprint density at radius 3 is 2.42 bits per heavy atom.